The Hall–Kier alpha value is -4.74. The lowest BCUT2D eigenvalue weighted by Gasteiger charge is -2.30. The summed E-state index contributed by atoms with van der Waals surface area (Å²) in [6.07, 6.45) is 5.05. The summed E-state index contributed by atoms with van der Waals surface area (Å²) in [7, 11) is 0. The second kappa shape index (κ2) is 8.78. The van der Waals surface area contributed by atoms with E-state index in [1.165, 1.54) is 29.2 Å². The molecule has 33 heavy (non-hydrogen) atoms. The summed E-state index contributed by atoms with van der Waals surface area (Å²) < 4.78 is 6.88. The van der Waals surface area contributed by atoms with Gasteiger partial charge in [-0.25, -0.2) is 9.78 Å². The Morgan fingerprint density at radius 2 is 1.55 bits per heavy atom. The molecule has 0 unspecified atom stereocenters. The van der Waals surface area contributed by atoms with Crippen LogP contribution in [-0.2, 0) is 4.74 Å². The third-order valence-electron chi connectivity index (χ3n) is 4.99. The molecule has 12 nitrogen and oxygen atoms in total. The average Bonchev–Trinajstić information content (AvgIpc) is 3.46. The molecule has 168 valence electrons. The minimum Gasteiger partial charge on any atom is -0.449 e. The van der Waals surface area contributed by atoms with Gasteiger partial charge in [-0.1, -0.05) is 0 Å². The number of imidazole rings is 1. The van der Waals surface area contributed by atoms with Gasteiger partial charge in [0.1, 0.15) is 0 Å². The fraction of sp³-hybridized carbons (Fsp3) is 0.143. The molecule has 0 bridgehead atoms. The van der Waals surface area contributed by atoms with E-state index in [9.17, 15) is 25.0 Å². The summed E-state index contributed by atoms with van der Waals surface area (Å²) in [6, 6.07) is 11.8. The summed E-state index contributed by atoms with van der Waals surface area (Å²) in [5.74, 6) is 0.431. The van der Waals surface area contributed by atoms with Gasteiger partial charge in [-0.3, -0.25) is 25.1 Å². The van der Waals surface area contributed by atoms with Crippen molar-refractivity contribution < 1.29 is 19.4 Å². The van der Waals surface area contributed by atoms with Gasteiger partial charge in [-0.15, -0.1) is 0 Å². The van der Waals surface area contributed by atoms with Crippen molar-refractivity contribution in [1.29, 1.82) is 0 Å². The number of nitro groups is 2. The monoisotopic (exact) mass is 450 g/mol. The van der Waals surface area contributed by atoms with Gasteiger partial charge >= 0.3 is 6.09 Å². The molecule has 0 N–H and O–H groups in total. The lowest BCUT2D eigenvalue weighted by Crippen LogP contribution is -2.37. The maximum Gasteiger partial charge on any atom is 0.415 e. The van der Waals surface area contributed by atoms with Crippen molar-refractivity contribution in [3.63, 3.8) is 0 Å². The quantitative estimate of drug-likeness (QED) is 0.404. The van der Waals surface area contributed by atoms with E-state index in [-0.39, 0.29) is 18.0 Å². The number of nitro benzene ring substituents is 2. The highest BCUT2D eigenvalue weighted by atomic mass is 16.6. The number of aromatic nitrogens is 2. The Labute approximate surface area is 187 Å². The fourth-order valence-corrected chi connectivity index (χ4v) is 3.48. The highest BCUT2D eigenvalue weighted by Gasteiger charge is 2.37. The number of ether oxygens (including phenoxy) is 1. The average molecular weight is 450 g/mol. The maximum absolute atomic E-state index is 12.7. The van der Waals surface area contributed by atoms with Crippen LogP contribution in [0.15, 0.2) is 73.3 Å². The van der Waals surface area contributed by atoms with Crippen LogP contribution in [0.3, 0.4) is 0 Å². The second-order valence-corrected chi connectivity index (χ2v) is 6.89. The summed E-state index contributed by atoms with van der Waals surface area (Å²) in [4.78, 5) is 41.2. The molecule has 1 atom stereocenters. The van der Waals surface area contributed by atoms with Crippen molar-refractivity contribution in [2.24, 2.45) is 0 Å². The van der Waals surface area contributed by atoms with Gasteiger partial charge < -0.3 is 14.2 Å². The second-order valence-electron chi connectivity index (χ2n) is 6.89. The van der Waals surface area contributed by atoms with Crippen LogP contribution in [0, 0.1) is 20.2 Å². The van der Waals surface area contributed by atoms with Crippen molar-refractivity contribution in [2.45, 2.75) is 13.1 Å². The van der Waals surface area contributed by atoms with Crippen LogP contribution in [0.25, 0.3) is 5.69 Å². The zero-order chi connectivity index (χ0) is 23.5. The molecule has 1 aliphatic rings. The number of anilines is 1. The van der Waals surface area contributed by atoms with E-state index >= 15 is 0 Å². The SMILES string of the molecule is CCOC(=O)N1C=CN(c2ccc([N+](=O)[O-])cc2)[C@@H]1c1nccn1-c1ccc([N+](=O)[O-])cc1. The molecule has 0 fully saturated rings. The van der Waals surface area contributed by atoms with Crippen molar-refractivity contribution in [3.8, 4) is 5.69 Å². The van der Waals surface area contributed by atoms with Gasteiger partial charge in [-0.05, 0) is 31.2 Å². The van der Waals surface area contributed by atoms with Crippen molar-refractivity contribution in [1.82, 2.24) is 14.5 Å². The Morgan fingerprint density at radius 1 is 0.970 bits per heavy atom. The van der Waals surface area contributed by atoms with Crippen LogP contribution in [0.4, 0.5) is 21.9 Å². The first-order chi connectivity index (χ1) is 15.9. The fourth-order valence-electron chi connectivity index (χ4n) is 3.48. The smallest absolute Gasteiger partial charge is 0.415 e. The molecule has 4 rings (SSSR count). The number of benzene rings is 2. The van der Waals surface area contributed by atoms with Crippen LogP contribution >= 0.6 is 0 Å². The Balaban J connectivity index is 1.75. The molecular weight excluding hydrogens is 432 g/mol. The predicted molar refractivity (Wildman–Crippen MR) is 117 cm³/mol. The van der Waals surface area contributed by atoms with Gasteiger partial charge in [0.25, 0.3) is 11.4 Å². The molecule has 1 amide bonds. The molecule has 1 aromatic heterocycles. The van der Waals surface area contributed by atoms with Crippen LogP contribution in [0.1, 0.15) is 18.9 Å². The summed E-state index contributed by atoms with van der Waals surface area (Å²) in [5, 5.41) is 22.0. The number of carbonyl (C=O) groups excluding carboxylic acids is 1. The van der Waals surface area contributed by atoms with Crippen LogP contribution < -0.4 is 4.90 Å². The van der Waals surface area contributed by atoms with Crippen molar-refractivity contribution >= 4 is 23.2 Å². The van der Waals surface area contributed by atoms with Gasteiger partial charge in [-0.2, -0.15) is 0 Å². The third-order valence-corrected chi connectivity index (χ3v) is 4.99. The first-order valence-corrected chi connectivity index (χ1v) is 9.85. The van der Waals surface area contributed by atoms with E-state index < -0.39 is 22.1 Å². The number of rotatable bonds is 6. The molecule has 12 heteroatoms. The Morgan fingerprint density at radius 3 is 2.09 bits per heavy atom. The minimum atomic E-state index is -0.768. The first-order valence-electron chi connectivity index (χ1n) is 9.85. The maximum atomic E-state index is 12.7. The van der Waals surface area contributed by atoms with Crippen LogP contribution in [0.5, 0.6) is 0 Å². The molecule has 1 aliphatic heterocycles. The third kappa shape index (κ3) is 4.08. The van der Waals surface area contributed by atoms with E-state index in [0.717, 1.165) is 0 Å². The van der Waals surface area contributed by atoms with Gasteiger partial charge in [0, 0.05) is 60.4 Å². The number of carbonyl (C=O) groups is 1. The van der Waals surface area contributed by atoms with E-state index in [1.807, 2.05) is 0 Å². The normalized spacial score (nSPS) is 15.0. The van der Waals surface area contributed by atoms with E-state index in [1.54, 1.807) is 65.4 Å². The number of nitrogens with zero attached hydrogens (tertiary/aromatic N) is 6. The predicted octanol–water partition coefficient (Wildman–Crippen LogP) is 4.14. The van der Waals surface area contributed by atoms with E-state index in [0.29, 0.717) is 17.2 Å². The standard InChI is InChI=1S/C21H18N6O6/c1-2-33-21(28)25-14-13-24(16-5-9-18(10-6-16)27(31)32)20(25)19-22-11-12-23(19)15-3-7-17(8-4-15)26(29)30/h3-14,20H,2H2,1H3/t20-/m0/s1. The zero-order valence-electron chi connectivity index (χ0n) is 17.3. The highest BCUT2D eigenvalue weighted by Crippen LogP contribution is 2.36. The van der Waals surface area contributed by atoms with Gasteiger partial charge in [0.15, 0.2) is 12.0 Å². The van der Waals surface area contributed by atoms with Crippen molar-refractivity contribution in [2.75, 3.05) is 11.5 Å². The zero-order valence-corrected chi connectivity index (χ0v) is 17.3. The summed E-state index contributed by atoms with van der Waals surface area (Å²) in [6.45, 7) is 1.86. The Kier molecular flexibility index (Phi) is 5.72. The molecular formula is C21H18N6O6. The van der Waals surface area contributed by atoms with Crippen molar-refractivity contribution in [3.05, 3.63) is 99.4 Å². The summed E-state index contributed by atoms with van der Waals surface area (Å²) >= 11 is 0. The highest BCUT2D eigenvalue weighted by molar-refractivity contribution is 5.72. The molecule has 3 aromatic rings. The molecule has 2 heterocycles. The topological polar surface area (TPSA) is 137 Å². The minimum absolute atomic E-state index is 0.0522. The summed E-state index contributed by atoms with van der Waals surface area (Å²) in [5.41, 5.74) is 1.08. The molecule has 0 saturated heterocycles. The molecule has 0 aliphatic carbocycles. The molecule has 0 spiro atoms. The van der Waals surface area contributed by atoms with E-state index in [2.05, 4.69) is 4.98 Å². The Bertz CT molecular complexity index is 1220. The molecule has 0 radical (unpaired) electrons. The first kappa shape index (κ1) is 21.5. The number of non-ortho nitro benzene ring substituents is 2. The largest absolute Gasteiger partial charge is 0.449 e. The number of hydrogen-bond donors (Lipinski definition) is 0. The van der Waals surface area contributed by atoms with Crippen LogP contribution in [0.2, 0.25) is 0 Å². The number of amides is 1. The number of hydrogen-bond acceptors (Lipinski definition) is 8. The van der Waals surface area contributed by atoms with Gasteiger partial charge in [0.05, 0.1) is 16.5 Å². The molecule has 0 saturated carbocycles. The van der Waals surface area contributed by atoms with Crippen LogP contribution in [-0.4, -0.2) is 37.0 Å². The van der Waals surface area contributed by atoms with Gasteiger partial charge in [0.2, 0.25) is 0 Å². The lowest BCUT2D eigenvalue weighted by atomic mass is 10.2. The van der Waals surface area contributed by atoms with E-state index in [4.69, 9.17) is 4.74 Å². The lowest BCUT2D eigenvalue weighted by molar-refractivity contribution is -0.385. The molecule has 2 aromatic carbocycles.